The first-order valence-corrected chi connectivity index (χ1v) is 2.53. The van der Waals surface area contributed by atoms with Crippen molar-refractivity contribution in [2.24, 2.45) is 0 Å². The fourth-order valence-electron chi connectivity index (χ4n) is 0. The minimum atomic E-state index is -0.222. The average molecular weight is 268 g/mol. The van der Waals surface area contributed by atoms with Gasteiger partial charge in [-0.1, -0.05) is 0 Å². The van der Waals surface area contributed by atoms with Gasteiger partial charge in [0.15, 0.2) is 0 Å². The molecule has 0 aliphatic carbocycles. The molecule has 0 bridgehead atoms. The summed E-state index contributed by atoms with van der Waals surface area (Å²) in [6.07, 6.45) is 0. The van der Waals surface area contributed by atoms with Crippen LogP contribution >= 0.6 is 0 Å². The van der Waals surface area contributed by atoms with Gasteiger partial charge in [0.05, 0.1) is 0 Å². The molecular formula is AlHgMgO. The van der Waals surface area contributed by atoms with Gasteiger partial charge in [-0.15, -0.1) is 0 Å². The zero-order valence-electron chi connectivity index (χ0n) is 2.40. The van der Waals surface area contributed by atoms with Crippen LogP contribution in [-0.4, -0.2) is 40.4 Å². The quantitative estimate of drug-likeness (QED) is 0.521. The summed E-state index contributed by atoms with van der Waals surface area (Å²) >= 11 is -0.222. The van der Waals surface area contributed by atoms with Gasteiger partial charge in [0, 0.05) is 40.4 Å². The van der Waals surface area contributed by atoms with Crippen molar-refractivity contribution < 1.29 is 28.8 Å². The molecule has 0 spiro atoms. The van der Waals surface area contributed by atoms with Crippen LogP contribution in [-0.2, 0) is 28.8 Å². The Balaban J connectivity index is -0.00000000500. The third-order valence-electron chi connectivity index (χ3n) is 0. The number of hydrogen-bond acceptors (Lipinski definition) is 1. The van der Waals surface area contributed by atoms with Gasteiger partial charge in [0.2, 0.25) is 0 Å². The van der Waals surface area contributed by atoms with Crippen molar-refractivity contribution in [1.29, 1.82) is 0 Å². The van der Waals surface area contributed by atoms with Crippen LogP contribution in [0.15, 0.2) is 0 Å². The van der Waals surface area contributed by atoms with Crippen LogP contribution < -0.4 is 0 Å². The SMILES string of the molecule is [Al].[Mg].[O]=[Hg]. The molecule has 0 aromatic carbocycles. The summed E-state index contributed by atoms with van der Waals surface area (Å²) in [5.74, 6) is 0. The van der Waals surface area contributed by atoms with E-state index in [1.165, 1.54) is 0 Å². The fourth-order valence-corrected chi connectivity index (χ4v) is 0. The Morgan fingerprint density at radius 1 is 1.25 bits per heavy atom. The van der Waals surface area contributed by atoms with Gasteiger partial charge < -0.3 is 0 Å². The minimum absolute atomic E-state index is 0. The summed E-state index contributed by atoms with van der Waals surface area (Å²) in [7, 11) is 0. The maximum atomic E-state index is 8.44. The molecule has 0 unspecified atom stereocenters. The molecule has 4 heteroatoms. The molecule has 0 aromatic heterocycles. The summed E-state index contributed by atoms with van der Waals surface area (Å²) in [6.45, 7) is 0. The second-order valence-electron chi connectivity index (χ2n) is 0. The second kappa shape index (κ2) is 19.8. The van der Waals surface area contributed by atoms with Gasteiger partial charge in [-0.2, -0.15) is 0 Å². The first-order chi connectivity index (χ1) is 1.00. The summed E-state index contributed by atoms with van der Waals surface area (Å²) in [4.78, 5) is 0. The van der Waals surface area contributed by atoms with Gasteiger partial charge >= 0.3 is 28.8 Å². The second-order valence-corrected chi connectivity index (χ2v) is 0. The van der Waals surface area contributed by atoms with Gasteiger partial charge in [0.25, 0.3) is 0 Å². The van der Waals surface area contributed by atoms with Crippen molar-refractivity contribution in [1.82, 2.24) is 0 Å². The van der Waals surface area contributed by atoms with Crippen molar-refractivity contribution >= 4 is 40.4 Å². The molecular weight excluding hydrogens is 268 g/mol. The zero-order valence-corrected chi connectivity index (χ0v) is 10.5. The van der Waals surface area contributed by atoms with E-state index in [0.717, 1.165) is 0 Å². The van der Waals surface area contributed by atoms with E-state index >= 15 is 0 Å². The third-order valence-corrected chi connectivity index (χ3v) is 0. The first-order valence-electron chi connectivity index (χ1n) is 0.289. The van der Waals surface area contributed by atoms with Crippen LogP contribution in [0.4, 0.5) is 0 Å². The number of hydrogen-bond donors (Lipinski definition) is 0. The van der Waals surface area contributed by atoms with E-state index in [1.54, 1.807) is 0 Å². The third kappa shape index (κ3) is 8.98. The van der Waals surface area contributed by atoms with Crippen LogP contribution in [0.25, 0.3) is 0 Å². The van der Waals surface area contributed by atoms with Gasteiger partial charge in [-0.25, -0.2) is 0 Å². The molecule has 13 valence electrons. The Bertz CT molecular complexity index is 8.00. The van der Waals surface area contributed by atoms with E-state index in [1.807, 2.05) is 0 Å². The van der Waals surface area contributed by atoms with E-state index in [-0.39, 0.29) is 66.6 Å². The normalized spacial score (nSPS) is 1.50. The Morgan fingerprint density at radius 3 is 1.25 bits per heavy atom. The van der Waals surface area contributed by atoms with Crippen molar-refractivity contribution in [3.8, 4) is 0 Å². The Hall–Kier alpha value is 2.03. The molecule has 0 aromatic rings. The van der Waals surface area contributed by atoms with E-state index in [0.29, 0.717) is 0 Å². The van der Waals surface area contributed by atoms with Gasteiger partial charge in [-0.3, -0.25) is 0 Å². The van der Waals surface area contributed by atoms with Crippen LogP contribution in [0.2, 0.25) is 0 Å². The predicted molar refractivity (Wildman–Crippen MR) is 12.2 cm³/mol. The van der Waals surface area contributed by atoms with Crippen molar-refractivity contribution in [2.45, 2.75) is 0 Å². The molecule has 0 rings (SSSR count). The van der Waals surface area contributed by atoms with Gasteiger partial charge in [-0.05, 0) is 0 Å². The topological polar surface area (TPSA) is 17.1 Å². The summed E-state index contributed by atoms with van der Waals surface area (Å²) in [5, 5.41) is 0. The van der Waals surface area contributed by atoms with Gasteiger partial charge in [0.1, 0.15) is 0 Å². The van der Waals surface area contributed by atoms with Crippen LogP contribution in [0.5, 0.6) is 0 Å². The molecule has 0 heterocycles. The van der Waals surface area contributed by atoms with Crippen molar-refractivity contribution in [3.63, 3.8) is 0 Å². The molecule has 0 saturated carbocycles. The Morgan fingerprint density at radius 2 is 1.25 bits per heavy atom. The summed E-state index contributed by atoms with van der Waals surface area (Å²) in [5.41, 5.74) is 0. The molecule has 5 radical (unpaired) electrons. The molecule has 0 fully saturated rings. The van der Waals surface area contributed by atoms with Crippen molar-refractivity contribution in [3.05, 3.63) is 0 Å². The predicted octanol–water partition coefficient (Wildman–Crippen LogP) is -0.883. The van der Waals surface area contributed by atoms with Crippen LogP contribution in [0.1, 0.15) is 0 Å². The fraction of sp³-hybridized carbons (Fsp3) is 0. The first kappa shape index (κ1) is 16.6. The van der Waals surface area contributed by atoms with Crippen LogP contribution in [0.3, 0.4) is 0 Å². The summed E-state index contributed by atoms with van der Waals surface area (Å²) < 4.78 is 8.44. The van der Waals surface area contributed by atoms with E-state index in [2.05, 4.69) is 0 Å². The standard InChI is InChI=1S/Al.Hg.Mg.O. The molecule has 0 aliphatic heterocycles. The van der Waals surface area contributed by atoms with Crippen molar-refractivity contribution in [2.75, 3.05) is 0 Å². The summed E-state index contributed by atoms with van der Waals surface area (Å²) in [6, 6.07) is 0. The molecule has 4 heavy (non-hydrogen) atoms. The van der Waals surface area contributed by atoms with E-state index in [9.17, 15) is 0 Å². The molecule has 0 amide bonds. The Kier molecular flexibility index (Phi) is 82.2. The molecule has 0 saturated heterocycles. The van der Waals surface area contributed by atoms with E-state index < -0.39 is 0 Å². The van der Waals surface area contributed by atoms with E-state index in [4.69, 9.17) is 2.64 Å². The molecule has 0 N–H and O–H groups in total. The van der Waals surface area contributed by atoms with Crippen LogP contribution in [0, 0.1) is 0 Å². The maximum absolute atomic E-state index is 8.44. The monoisotopic (exact) mass is 269 g/mol. The molecule has 0 atom stereocenters. The molecule has 1 nitrogen and oxygen atoms in total. The average Bonchev–Trinajstić information content (AvgIpc) is 1.00. The zero-order chi connectivity index (χ0) is 2.00. The Labute approximate surface area is 68.3 Å². The molecule has 0 aliphatic rings. The number of rotatable bonds is 0.